The molecular formula is C14H17N3O3S. The number of aliphatic carboxylic acids is 1. The molecule has 2 aromatic rings. The highest BCUT2D eigenvalue weighted by molar-refractivity contribution is 7.99. The summed E-state index contributed by atoms with van der Waals surface area (Å²) in [5.41, 5.74) is 0.918. The first-order chi connectivity index (χ1) is 10.2. The first-order valence-electron chi connectivity index (χ1n) is 6.64. The zero-order valence-electron chi connectivity index (χ0n) is 11.7. The van der Waals surface area contributed by atoms with E-state index >= 15 is 0 Å². The Labute approximate surface area is 127 Å². The Balaban J connectivity index is 2.26. The van der Waals surface area contributed by atoms with Crippen LogP contribution in [0.3, 0.4) is 0 Å². The van der Waals surface area contributed by atoms with Crippen molar-refractivity contribution >= 4 is 17.7 Å². The minimum absolute atomic E-state index is 0.0452. The number of benzene rings is 1. The van der Waals surface area contributed by atoms with Gasteiger partial charge in [0.05, 0.1) is 12.4 Å². The lowest BCUT2D eigenvalue weighted by Crippen LogP contribution is -2.07. The number of ether oxygens (including phenoxy) is 1. The van der Waals surface area contributed by atoms with Crippen LogP contribution in [0.25, 0.3) is 5.69 Å². The third-order valence-corrected chi connectivity index (χ3v) is 3.63. The van der Waals surface area contributed by atoms with Crippen LogP contribution in [0.2, 0.25) is 0 Å². The molecule has 7 heteroatoms. The molecule has 1 heterocycles. The summed E-state index contributed by atoms with van der Waals surface area (Å²) >= 11 is 1.16. The fourth-order valence-corrected chi connectivity index (χ4v) is 2.52. The average molecular weight is 307 g/mol. The lowest BCUT2D eigenvalue weighted by atomic mass is 10.3. The van der Waals surface area contributed by atoms with Crippen molar-refractivity contribution in [3.05, 3.63) is 36.2 Å². The van der Waals surface area contributed by atoms with Crippen LogP contribution in [0.5, 0.6) is 0 Å². The van der Waals surface area contributed by atoms with Crippen LogP contribution < -0.4 is 0 Å². The van der Waals surface area contributed by atoms with Crippen molar-refractivity contribution in [1.82, 2.24) is 14.8 Å². The van der Waals surface area contributed by atoms with Gasteiger partial charge in [-0.3, -0.25) is 9.36 Å². The summed E-state index contributed by atoms with van der Waals surface area (Å²) in [5, 5.41) is 17.7. The molecule has 0 aliphatic heterocycles. The number of thioether (sulfide) groups is 1. The second-order valence-electron chi connectivity index (χ2n) is 4.20. The monoisotopic (exact) mass is 307 g/mol. The van der Waals surface area contributed by atoms with Gasteiger partial charge in [-0.15, -0.1) is 10.2 Å². The zero-order chi connectivity index (χ0) is 15.1. The Kier molecular flexibility index (Phi) is 5.77. The molecule has 0 atom stereocenters. The van der Waals surface area contributed by atoms with Gasteiger partial charge in [0.15, 0.2) is 5.16 Å². The standard InChI is InChI=1S/C14H17N3O3S/c1-2-20-9-8-12-15-16-14(21-10-13(18)19)17(12)11-6-4-3-5-7-11/h3-7H,2,8-10H2,1H3,(H,18,19). The number of nitrogens with zero attached hydrogens (tertiary/aromatic N) is 3. The highest BCUT2D eigenvalue weighted by Crippen LogP contribution is 2.22. The predicted octanol–water partition coefficient (Wildman–Crippen LogP) is 2.02. The van der Waals surface area contributed by atoms with Crippen LogP contribution in [0.4, 0.5) is 0 Å². The first-order valence-corrected chi connectivity index (χ1v) is 7.63. The normalized spacial score (nSPS) is 10.7. The molecule has 6 nitrogen and oxygen atoms in total. The molecule has 1 aromatic heterocycles. The SMILES string of the molecule is CCOCCc1nnc(SCC(=O)O)n1-c1ccccc1. The topological polar surface area (TPSA) is 77.2 Å². The van der Waals surface area contributed by atoms with Gasteiger partial charge in [-0.05, 0) is 19.1 Å². The van der Waals surface area contributed by atoms with Crippen LogP contribution in [-0.4, -0.2) is 44.8 Å². The number of hydrogen-bond donors (Lipinski definition) is 1. The Morgan fingerprint density at radius 3 is 2.76 bits per heavy atom. The van der Waals surface area contributed by atoms with E-state index in [0.29, 0.717) is 24.8 Å². The molecule has 0 amide bonds. The molecular weight excluding hydrogens is 290 g/mol. The minimum atomic E-state index is -0.876. The third-order valence-electron chi connectivity index (χ3n) is 2.71. The van der Waals surface area contributed by atoms with Gasteiger partial charge in [-0.25, -0.2) is 0 Å². The third kappa shape index (κ3) is 4.30. The van der Waals surface area contributed by atoms with Gasteiger partial charge in [0.2, 0.25) is 0 Å². The Hall–Kier alpha value is -1.86. The van der Waals surface area contributed by atoms with Gasteiger partial charge in [0.1, 0.15) is 5.82 Å². The minimum Gasteiger partial charge on any atom is -0.481 e. The van der Waals surface area contributed by atoms with Gasteiger partial charge in [-0.2, -0.15) is 0 Å². The van der Waals surface area contributed by atoms with Crippen molar-refractivity contribution in [3.63, 3.8) is 0 Å². The van der Waals surface area contributed by atoms with E-state index in [0.717, 1.165) is 23.3 Å². The van der Waals surface area contributed by atoms with Crippen LogP contribution >= 0.6 is 11.8 Å². The molecule has 1 aromatic carbocycles. The van der Waals surface area contributed by atoms with Gasteiger partial charge >= 0.3 is 5.97 Å². The summed E-state index contributed by atoms with van der Waals surface area (Å²) in [5.74, 6) is -0.155. The fraction of sp³-hybridized carbons (Fsp3) is 0.357. The van der Waals surface area contributed by atoms with E-state index in [1.807, 2.05) is 41.8 Å². The van der Waals surface area contributed by atoms with E-state index in [-0.39, 0.29) is 5.75 Å². The van der Waals surface area contributed by atoms with Crippen molar-refractivity contribution in [2.45, 2.75) is 18.5 Å². The van der Waals surface area contributed by atoms with Crippen LogP contribution in [0.1, 0.15) is 12.7 Å². The maximum atomic E-state index is 10.7. The van der Waals surface area contributed by atoms with Crippen molar-refractivity contribution in [2.75, 3.05) is 19.0 Å². The fourth-order valence-electron chi connectivity index (χ4n) is 1.83. The summed E-state index contributed by atoms with van der Waals surface area (Å²) in [7, 11) is 0. The largest absolute Gasteiger partial charge is 0.481 e. The van der Waals surface area contributed by atoms with E-state index < -0.39 is 5.97 Å². The van der Waals surface area contributed by atoms with Crippen molar-refractivity contribution in [3.8, 4) is 5.69 Å². The van der Waals surface area contributed by atoms with E-state index in [9.17, 15) is 4.79 Å². The highest BCUT2D eigenvalue weighted by atomic mass is 32.2. The van der Waals surface area contributed by atoms with Crippen molar-refractivity contribution in [1.29, 1.82) is 0 Å². The molecule has 1 N–H and O–H groups in total. The summed E-state index contributed by atoms with van der Waals surface area (Å²) in [6, 6.07) is 9.66. The molecule has 0 aliphatic rings. The summed E-state index contributed by atoms with van der Waals surface area (Å²) in [6.07, 6.45) is 0.628. The predicted molar refractivity (Wildman–Crippen MR) is 79.9 cm³/mol. The molecule has 0 saturated heterocycles. The first kappa shape index (κ1) is 15.5. The number of hydrogen-bond acceptors (Lipinski definition) is 5. The number of para-hydroxylation sites is 1. The molecule has 0 aliphatic carbocycles. The molecule has 0 unspecified atom stereocenters. The molecule has 112 valence electrons. The number of aromatic nitrogens is 3. The second kappa shape index (κ2) is 7.80. The van der Waals surface area contributed by atoms with Gasteiger partial charge < -0.3 is 9.84 Å². The van der Waals surface area contributed by atoms with E-state index in [2.05, 4.69) is 10.2 Å². The zero-order valence-corrected chi connectivity index (χ0v) is 12.5. The van der Waals surface area contributed by atoms with Crippen molar-refractivity contribution in [2.24, 2.45) is 0 Å². The van der Waals surface area contributed by atoms with E-state index in [1.54, 1.807) is 0 Å². The van der Waals surface area contributed by atoms with E-state index in [1.165, 1.54) is 0 Å². The summed E-state index contributed by atoms with van der Waals surface area (Å²) in [4.78, 5) is 10.7. The van der Waals surface area contributed by atoms with Crippen LogP contribution in [-0.2, 0) is 16.0 Å². The maximum absolute atomic E-state index is 10.7. The number of carboxylic acids is 1. The molecule has 0 fully saturated rings. The molecule has 0 spiro atoms. The maximum Gasteiger partial charge on any atom is 0.313 e. The number of rotatable bonds is 8. The lowest BCUT2D eigenvalue weighted by molar-refractivity contribution is -0.133. The summed E-state index contributed by atoms with van der Waals surface area (Å²) in [6.45, 7) is 3.15. The van der Waals surface area contributed by atoms with E-state index in [4.69, 9.17) is 9.84 Å². The Morgan fingerprint density at radius 1 is 1.33 bits per heavy atom. The second-order valence-corrected chi connectivity index (χ2v) is 5.14. The smallest absolute Gasteiger partial charge is 0.313 e. The quantitative estimate of drug-likeness (QED) is 0.594. The Bertz CT molecular complexity index is 586. The van der Waals surface area contributed by atoms with Crippen LogP contribution in [0.15, 0.2) is 35.5 Å². The number of carboxylic acid groups (broad SMARTS) is 1. The van der Waals surface area contributed by atoms with Crippen LogP contribution in [0, 0.1) is 0 Å². The summed E-state index contributed by atoms with van der Waals surface area (Å²) < 4.78 is 7.24. The van der Waals surface area contributed by atoms with Gasteiger partial charge in [0.25, 0.3) is 0 Å². The highest BCUT2D eigenvalue weighted by Gasteiger charge is 2.15. The number of carbonyl (C=O) groups is 1. The molecule has 0 radical (unpaired) electrons. The Morgan fingerprint density at radius 2 is 2.10 bits per heavy atom. The lowest BCUT2D eigenvalue weighted by Gasteiger charge is -2.09. The molecule has 21 heavy (non-hydrogen) atoms. The molecule has 0 bridgehead atoms. The molecule has 2 rings (SSSR count). The van der Waals surface area contributed by atoms with Gasteiger partial charge in [-0.1, -0.05) is 30.0 Å². The average Bonchev–Trinajstić information content (AvgIpc) is 2.89. The van der Waals surface area contributed by atoms with Crippen molar-refractivity contribution < 1.29 is 14.6 Å². The molecule has 0 saturated carbocycles. The van der Waals surface area contributed by atoms with Gasteiger partial charge in [0, 0.05) is 18.7 Å².